The lowest BCUT2D eigenvalue weighted by atomic mass is 10.1. The van der Waals surface area contributed by atoms with Crippen molar-refractivity contribution in [1.82, 2.24) is 4.90 Å². The van der Waals surface area contributed by atoms with Gasteiger partial charge in [-0.15, -0.1) is 0 Å². The average Bonchev–Trinajstić information content (AvgIpc) is 2.43. The van der Waals surface area contributed by atoms with E-state index in [4.69, 9.17) is 23.2 Å². The van der Waals surface area contributed by atoms with E-state index in [-0.39, 0.29) is 17.2 Å². The highest BCUT2D eigenvalue weighted by Crippen LogP contribution is 2.23. The highest BCUT2D eigenvalue weighted by molar-refractivity contribution is 6.33. The summed E-state index contributed by atoms with van der Waals surface area (Å²) in [7, 11) is 1.68. The molecule has 0 aliphatic rings. The Morgan fingerprint density at radius 1 is 1.15 bits per heavy atom. The van der Waals surface area contributed by atoms with Crippen LogP contribution in [0.25, 0.3) is 0 Å². The maximum atomic E-state index is 12.3. The molecule has 0 fully saturated rings. The molecule has 0 saturated heterocycles. The molecule has 0 saturated carbocycles. The van der Waals surface area contributed by atoms with Crippen LogP contribution in [0.3, 0.4) is 0 Å². The minimum Gasteiger partial charge on any atom is -0.508 e. The molecule has 2 aromatic rings. The van der Waals surface area contributed by atoms with Gasteiger partial charge >= 0.3 is 0 Å². The van der Waals surface area contributed by atoms with E-state index in [1.165, 1.54) is 23.1 Å². The Hall–Kier alpha value is -1.71. The van der Waals surface area contributed by atoms with Gasteiger partial charge in [0.25, 0.3) is 5.91 Å². The van der Waals surface area contributed by atoms with Crippen LogP contribution in [0.4, 0.5) is 0 Å². The van der Waals surface area contributed by atoms with E-state index in [2.05, 4.69) is 0 Å². The fourth-order valence-electron chi connectivity index (χ4n) is 1.82. The van der Waals surface area contributed by atoms with Crippen molar-refractivity contribution in [3.63, 3.8) is 0 Å². The van der Waals surface area contributed by atoms with E-state index >= 15 is 0 Å². The van der Waals surface area contributed by atoms with Gasteiger partial charge in [-0.2, -0.15) is 0 Å². The van der Waals surface area contributed by atoms with Crippen molar-refractivity contribution >= 4 is 29.1 Å². The Kier molecular flexibility index (Phi) is 4.53. The second-order valence-electron chi connectivity index (χ2n) is 4.45. The molecule has 104 valence electrons. The summed E-state index contributed by atoms with van der Waals surface area (Å²) in [5.74, 6) is -0.238. The first kappa shape index (κ1) is 14.7. The first-order chi connectivity index (χ1) is 9.47. The number of halogens is 2. The molecule has 0 heterocycles. The monoisotopic (exact) mass is 309 g/mol. The molecular formula is C15H13Cl2NO2. The molecule has 20 heavy (non-hydrogen) atoms. The third-order valence-electron chi connectivity index (χ3n) is 2.86. The quantitative estimate of drug-likeness (QED) is 0.932. The van der Waals surface area contributed by atoms with Gasteiger partial charge in [0.15, 0.2) is 0 Å². The lowest BCUT2D eigenvalue weighted by molar-refractivity contribution is 0.0785. The third-order valence-corrected chi connectivity index (χ3v) is 3.44. The van der Waals surface area contributed by atoms with Crippen LogP contribution in [0.2, 0.25) is 10.0 Å². The van der Waals surface area contributed by atoms with E-state index in [1.807, 2.05) is 12.1 Å². The van der Waals surface area contributed by atoms with Crippen LogP contribution in [-0.2, 0) is 6.54 Å². The zero-order chi connectivity index (χ0) is 14.7. The highest BCUT2D eigenvalue weighted by Gasteiger charge is 2.16. The van der Waals surface area contributed by atoms with E-state index in [9.17, 15) is 9.90 Å². The minimum absolute atomic E-state index is 0.0117. The SMILES string of the molecule is CN(Cc1ccc(Cl)cc1)C(=O)c1cc(O)ccc1Cl. The molecule has 0 unspecified atom stereocenters. The predicted octanol–water partition coefficient (Wildman–Crippen LogP) is 3.97. The van der Waals surface area contributed by atoms with Gasteiger partial charge in [-0.1, -0.05) is 35.3 Å². The van der Waals surface area contributed by atoms with Crippen LogP contribution in [0, 0.1) is 0 Å². The molecule has 0 aromatic heterocycles. The van der Waals surface area contributed by atoms with Gasteiger partial charge in [-0.3, -0.25) is 4.79 Å². The Bertz CT molecular complexity index is 626. The summed E-state index contributed by atoms with van der Waals surface area (Å²) in [4.78, 5) is 13.8. The number of rotatable bonds is 3. The predicted molar refractivity (Wildman–Crippen MR) is 80.4 cm³/mol. The lowest BCUT2D eigenvalue weighted by Gasteiger charge is -2.18. The van der Waals surface area contributed by atoms with E-state index in [0.29, 0.717) is 16.6 Å². The number of aromatic hydroxyl groups is 1. The fourth-order valence-corrected chi connectivity index (χ4v) is 2.14. The van der Waals surface area contributed by atoms with Crippen molar-refractivity contribution in [2.45, 2.75) is 6.54 Å². The molecule has 0 aliphatic carbocycles. The summed E-state index contributed by atoms with van der Waals surface area (Å²) in [5.41, 5.74) is 1.24. The summed E-state index contributed by atoms with van der Waals surface area (Å²) >= 11 is 11.8. The molecule has 2 rings (SSSR count). The number of carbonyl (C=O) groups is 1. The number of carbonyl (C=O) groups excluding carboxylic acids is 1. The van der Waals surface area contributed by atoms with Crippen molar-refractivity contribution in [2.75, 3.05) is 7.05 Å². The summed E-state index contributed by atoms with van der Waals surface area (Å²) in [6, 6.07) is 11.6. The summed E-state index contributed by atoms with van der Waals surface area (Å²) < 4.78 is 0. The van der Waals surface area contributed by atoms with Gasteiger partial charge in [0, 0.05) is 18.6 Å². The molecular weight excluding hydrogens is 297 g/mol. The highest BCUT2D eigenvalue weighted by atomic mass is 35.5. The normalized spacial score (nSPS) is 10.3. The zero-order valence-electron chi connectivity index (χ0n) is 10.8. The summed E-state index contributed by atoms with van der Waals surface area (Å²) in [5, 5.41) is 10.4. The minimum atomic E-state index is -0.249. The molecule has 3 nitrogen and oxygen atoms in total. The van der Waals surface area contributed by atoms with Crippen LogP contribution < -0.4 is 0 Å². The zero-order valence-corrected chi connectivity index (χ0v) is 12.3. The lowest BCUT2D eigenvalue weighted by Crippen LogP contribution is -2.26. The van der Waals surface area contributed by atoms with Gasteiger partial charge in [-0.05, 0) is 35.9 Å². The molecule has 1 N–H and O–H groups in total. The van der Waals surface area contributed by atoms with Gasteiger partial charge in [0.1, 0.15) is 5.75 Å². The van der Waals surface area contributed by atoms with Crippen LogP contribution in [-0.4, -0.2) is 23.0 Å². The molecule has 0 spiro atoms. The summed E-state index contributed by atoms with van der Waals surface area (Å²) in [6.07, 6.45) is 0. The second-order valence-corrected chi connectivity index (χ2v) is 5.30. The third kappa shape index (κ3) is 3.44. The maximum absolute atomic E-state index is 12.3. The van der Waals surface area contributed by atoms with E-state index < -0.39 is 0 Å². The van der Waals surface area contributed by atoms with Crippen molar-refractivity contribution in [2.24, 2.45) is 0 Å². The number of benzene rings is 2. The van der Waals surface area contributed by atoms with Crippen LogP contribution in [0.15, 0.2) is 42.5 Å². The standard InChI is InChI=1S/C15H13Cl2NO2/c1-18(9-10-2-4-11(16)5-3-10)15(20)13-8-12(19)6-7-14(13)17/h2-8,19H,9H2,1H3. The van der Waals surface area contributed by atoms with E-state index in [1.54, 1.807) is 19.2 Å². The van der Waals surface area contributed by atoms with Crippen molar-refractivity contribution < 1.29 is 9.90 Å². The van der Waals surface area contributed by atoms with Gasteiger partial charge in [0.05, 0.1) is 10.6 Å². The fraction of sp³-hybridized carbons (Fsp3) is 0.133. The Morgan fingerprint density at radius 3 is 2.45 bits per heavy atom. The molecule has 0 radical (unpaired) electrons. The molecule has 0 bridgehead atoms. The number of hydrogen-bond donors (Lipinski definition) is 1. The molecule has 0 atom stereocenters. The Labute approximate surface area is 127 Å². The first-order valence-electron chi connectivity index (χ1n) is 5.96. The van der Waals surface area contributed by atoms with Crippen molar-refractivity contribution in [1.29, 1.82) is 0 Å². The summed E-state index contributed by atoms with van der Waals surface area (Å²) in [6.45, 7) is 0.433. The molecule has 2 aromatic carbocycles. The topological polar surface area (TPSA) is 40.5 Å². The number of phenols is 1. The van der Waals surface area contributed by atoms with E-state index in [0.717, 1.165) is 5.56 Å². The largest absolute Gasteiger partial charge is 0.508 e. The Balaban J connectivity index is 2.16. The van der Waals surface area contributed by atoms with Crippen LogP contribution in [0.1, 0.15) is 15.9 Å². The first-order valence-corrected chi connectivity index (χ1v) is 6.71. The maximum Gasteiger partial charge on any atom is 0.255 e. The van der Waals surface area contributed by atoms with Crippen LogP contribution in [0.5, 0.6) is 5.75 Å². The molecule has 5 heteroatoms. The number of nitrogens with zero attached hydrogens (tertiary/aromatic N) is 1. The van der Waals surface area contributed by atoms with Crippen LogP contribution >= 0.6 is 23.2 Å². The number of hydrogen-bond acceptors (Lipinski definition) is 2. The smallest absolute Gasteiger partial charge is 0.255 e. The molecule has 0 aliphatic heterocycles. The van der Waals surface area contributed by atoms with Crippen molar-refractivity contribution in [3.8, 4) is 5.75 Å². The van der Waals surface area contributed by atoms with Gasteiger partial charge in [-0.25, -0.2) is 0 Å². The second kappa shape index (κ2) is 6.16. The average molecular weight is 310 g/mol. The molecule has 1 amide bonds. The number of phenolic OH excluding ortho intramolecular Hbond substituents is 1. The van der Waals surface area contributed by atoms with Crippen molar-refractivity contribution in [3.05, 3.63) is 63.6 Å². The number of amides is 1. The van der Waals surface area contributed by atoms with Gasteiger partial charge in [0.2, 0.25) is 0 Å². The Morgan fingerprint density at radius 2 is 1.80 bits per heavy atom. The van der Waals surface area contributed by atoms with Gasteiger partial charge < -0.3 is 10.0 Å².